The van der Waals surface area contributed by atoms with Gasteiger partial charge in [0.15, 0.2) is 5.50 Å². The van der Waals surface area contributed by atoms with Gasteiger partial charge in [-0.25, -0.2) is 8.42 Å². The average Bonchev–Trinajstić information content (AvgIpc) is 3.28. The summed E-state index contributed by atoms with van der Waals surface area (Å²) in [5, 5.41) is 14.4. The van der Waals surface area contributed by atoms with Gasteiger partial charge in [-0.3, -0.25) is 4.79 Å². The fourth-order valence-corrected chi connectivity index (χ4v) is 7.59. The molecule has 1 saturated heterocycles. The third kappa shape index (κ3) is 4.04. The minimum Gasteiger partial charge on any atom is -0.393 e. The van der Waals surface area contributed by atoms with Crippen LogP contribution in [0.15, 0.2) is 38.8 Å². The Labute approximate surface area is 178 Å². The first-order valence-corrected chi connectivity index (χ1v) is 12.5. The molecular weight excluding hydrogens is 430 g/mol. The van der Waals surface area contributed by atoms with E-state index in [1.54, 1.807) is 17.8 Å². The van der Waals surface area contributed by atoms with E-state index in [9.17, 15) is 18.3 Å². The molecule has 0 radical (unpaired) electrons. The zero-order valence-corrected chi connectivity index (χ0v) is 18.6. The van der Waals surface area contributed by atoms with E-state index in [1.807, 2.05) is 35.5 Å². The summed E-state index contributed by atoms with van der Waals surface area (Å²) in [5.41, 5.74) is 2.69. The monoisotopic (exact) mass is 453 g/mol. The zero-order chi connectivity index (χ0) is 20.8. The highest BCUT2D eigenvalue weighted by Gasteiger charge is 2.31. The lowest BCUT2D eigenvalue weighted by Crippen LogP contribution is -2.40. The standard InChI is InChI=1S/C19H23N3O4S3/c1-12(23)20-19-21(2)16-4-3-13(9-17(16)28-19)14-10-18(27-11-14)29(25,26)22-7-5-15(24)6-8-22/h3-4,9-11,15,19,24H,5-8H2,1-2H3,(H,20,23). The second-order valence-electron chi connectivity index (χ2n) is 7.25. The van der Waals surface area contributed by atoms with E-state index in [1.165, 1.54) is 22.6 Å². The number of amides is 1. The van der Waals surface area contributed by atoms with Crippen molar-refractivity contribution in [1.29, 1.82) is 0 Å². The van der Waals surface area contributed by atoms with E-state index >= 15 is 0 Å². The van der Waals surface area contributed by atoms with E-state index in [0.717, 1.165) is 21.7 Å². The van der Waals surface area contributed by atoms with Gasteiger partial charge in [-0.1, -0.05) is 17.8 Å². The fraction of sp³-hybridized carbons (Fsp3) is 0.421. The quantitative estimate of drug-likeness (QED) is 0.739. The largest absolute Gasteiger partial charge is 0.393 e. The number of sulfonamides is 1. The van der Waals surface area contributed by atoms with Crippen molar-refractivity contribution in [1.82, 2.24) is 9.62 Å². The highest BCUT2D eigenvalue weighted by atomic mass is 32.2. The summed E-state index contributed by atoms with van der Waals surface area (Å²) < 4.78 is 27.6. The Bertz CT molecular complexity index is 1030. The molecule has 3 heterocycles. The molecule has 29 heavy (non-hydrogen) atoms. The Kier molecular flexibility index (Phi) is 5.64. The van der Waals surface area contributed by atoms with Crippen LogP contribution in [0.3, 0.4) is 0 Å². The van der Waals surface area contributed by atoms with Crippen molar-refractivity contribution in [2.75, 3.05) is 25.0 Å². The lowest BCUT2D eigenvalue weighted by molar-refractivity contribution is -0.119. The van der Waals surface area contributed by atoms with Gasteiger partial charge < -0.3 is 15.3 Å². The van der Waals surface area contributed by atoms with Crippen molar-refractivity contribution in [3.63, 3.8) is 0 Å². The van der Waals surface area contributed by atoms with Gasteiger partial charge in [-0.05, 0) is 47.5 Å². The summed E-state index contributed by atoms with van der Waals surface area (Å²) >= 11 is 2.79. The van der Waals surface area contributed by atoms with Gasteiger partial charge in [0, 0.05) is 32.0 Å². The lowest BCUT2D eigenvalue weighted by atomic mass is 10.1. The molecule has 4 rings (SSSR count). The van der Waals surface area contributed by atoms with Crippen LogP contribution >= 0.6 is 23.1 Å². The molecule has 7 nitrogen and oxygen atoms in total. The van der Waals surface area contributed by atoms with Crippen molar-refractivity contribution in [2.24, 2.45) is 0 Å². The molecule has 1 fully saturated rings. The van der Waals surface area contributed by atoms with Gasteiger partial charge in [0.2, 0.25) is 5.91 Å². The molecule has 2 aliphatic rings. The van der Waals surface area contributed by atoms with Crippen molar-refractivity contribution in [2.45, 2.75) is 40.5 Å². The molecule has 0 saturated carbocycles. The molecular formula is C19H23N3O4S3. The summed E-state index contributed by atoms with van der Waals surface area (Å²) in [5.74, 6) is -0.0831. The van der Waals surface area contributed by atoms with E-state index in [-0.39, 0.29) is 11.4 Å². The topological polar surface area (TPSA) is 90.0 Å². The number of aliphatic hydroxyl groups is 1. The van der Waals surface area contributed by atoms with E-state index in [0.29, 0.717) is 30.1 Å². The first-order chi connectivity index (χ1) is 13.8. The maximum absolute atomic E-state index is 12.9. The number of anilines is 1. The number of piperidine rings is 1. The number of fused-ring (bicyclic) bond motifs is 1. The number of thioether (sulfide) groups is 1. The van der Waals surface area contributed by atoms with Crippen LogP contribution in [0, 0.1) is 0 Å². The number of rotatable bonds is 4. The van der Waals surface area contributed by atoms with Crippen LogP contribution in [-0.4, -0.2) is 55.5 Å². The molecule has 0 bridgehead atoms. The predicted molar refractivity (Wildman–Crippen MR) is 116 cm³/mol. The number of aliphatic hydroxyl groups excluding tert-OH is 1. The highest BCUT2D eigenvalue weighted by molar-refractivity contribution is 8.00. The van der Waals surface area contributed by atoms with Crippen LogP contribution in [0.2, 0.25) is 0 Å². The number of carbonyl (C=O) groups excluding carboxylic acids is 1. The molecule has 1 aromatic carbocycles. The Balaban J connectivity index is 1.56. The van der Waals surface area contributed by atoms with Crippen molar-refractivity contribution >= 4 is 44.7 Å². The second-order valence-corrected chi connectivity index (χ2v) is 11.5. The van der Waals surface area contributed by atoms with Gasteiger partial charge in [0.1, 0.15) is 4.21 Å². The third-order valence-corrected chi connectivity index (χ3v) is 9.74. The Morgan fingerprint density at radius 2 is 1.93 bits per heavy atom. The van der Waals surface area contributed by atoms with Crippen LogP contribution in [0.5, 0.6) is 0 Å². The van der Waals surface area contributed by atoms with Gasteiger partial charge in [0.05, 0.1) is 11.8 Å². The van der Waals surface area contributed by atoms with Gasteiger partial charge >= 0.3 is 0 Å². The van der Waals surface area contributed by atoms with E-state index in [4.69, 9.17) is 0 Å². The van der Waals surface area contributed by atoms with Crippen LogP contribution in [0.4, 0.5) is 5.69 Å². The Hall–Kier alpha value is -1.59. The van der Waals surface area contributed by atoms with Crippen LogP contribution < -0.4 is 10.2 Å². The number of hydrogen-bond donors (Lipinski definition) is 2. The minimum atomic E-state index is -3.54. The summed E-state index contributed by atoms with van der Waals surface area (Å²) in [6.45, 7) is 2.20. The zero-order valence-electron chi connectivity index (χ0n) is 16.2. The predicted octanol–water partition coefficient (Wildman–Crippen LogP) is 2.52. The first-order valence-electron chi connectivity index (χ1n) is 9.33. The molecule has 1 unspecified atom stereocenters. The summed E-state index contributed by atoms with van der Waals surface area (Å²) in [7, 11) is -1.60. The van der Waals surface area contributed by atoms with Crippen LogP contribution in [0.1, 0.15) is 19.8 Å². The molecule has 2 aliphatic heterocycles. The summed E-state index contributed by atoms with van der Waals surface area (Å²) in [6, 6.07) is 7.73. The molecule has 1 amide bonds. The molecule has 156 valence electrons. The summed E-state index contributed by atoms with van der Waals surface area (Å²) in [4.78, 5) is 14.5. The number of carbonyl (C=O) groups is 1. The van der Waals surface area contributed by atoms with Crippen molar-refractivity contribution in [3.8, 4) is 11.1 Å². The average molecular weight is 454 g/mol. The van der Waals surface area contributed by atoms with Gasteiger partial charge in [0.25, 0.3) is 10.0 Å². The van der Waals surface area contributed by atoms with Crippen molar-refractivity contribution in [3.05, 3.63) is 29.6 Å². The summed E-state index contributed by atoms with van der Waals surface area (Å²) in [6.07, 6.45) is 0.536. The molecule has 2 N–H and O–H groups in total. The highest BCUT2D eigenvalue weighted by Crippen LogP contribution is 2.44. The second kappa shape index (κ2) is 7.92. The third-order valence-electron chi connectivity index (χ3n) is 5.18. The number of nitrogens with zero attached hydrogens (tertiary/aromatic N) is 2. The Morgan fingerprint density at radius 3 is 2.62 bits per heavy atom. The molecule has 1 aromatic heterocycles. The normalized spacial score (nSPS) is 20.7. The molecule has 10 heteroatoms. The minimum absolute atomic E-state index is 0.0831. The molecule has 0 spiro atoms. The van der Waals surface area contributed by atoms with E-state index in [2.05, 4.69) is 5.32 Å². The first kappa shape index (κ1) is 20.7. The molecule has 1 atom stereocenters. The lowest BCUT2D eigenvalue weighted by Gasteiger charge is -2.28. The maximum Gasteiger partial charge on any atom is 0.252 e. The van der Waals surface area contributed by atoms with Gasteiger partial charge in [-0.2, -0.15) is 4.31 Å². The van der Waals surface area contributed by atoms with Crippen LogP contribution in [0.25, 0.3) is 11.1 Å². The SMILES string of the molecule is CC(=O)NC1Sc2cc(-c3csc(S(=O)(=O)N4CCC(O)CC4)c3)ccc2N1C. The van der Waals surface area contributed by atoms with E-state index < -0.39 is 16.1 Å². The number of nitrogens with one attached hydrogen (secondary N) is 1. The molecule has 2 aromatic rings. The fourth-order valence-electron chi connectivity index (χ4n) is 3.52. The smallest absolute Gasteiger partial charge is 0.252 e. The molecule has 0 aliphatic carbocycles. The number of benzene rings is 1. The van der Waals surface area contributed by atoms with Crippen LogP contribution in [-0.2, 0) is 14.8 Å². The number of hydrogen-bond acceptors (Lipinski definition) is 7. The maximum atomic E-state index is 12.9. The Morgan fingerprint density at radius 1 is 1.21 bits per heavy atom. The van der Waals surface area contributed by atoms with Gasteiger partial charge in [-0.15, -0.1) is 11.3 Å². The number of thiophene rings is 1. The van der Waals surface area contributed by atoms with Crippen molar-refractivity contribution < 1.29 is 18.3 Å².